The number of thioether (sulfide) groups is 1. The average molecular weight is 631 g/mol. The second-order valence-corrected chi connectivity index (χ2v) is 11.8. The predicted octanol–water partition coefficient (Wildman–Crippen LogP) is 5.74. The summed E-state index contributed by atoms with van der Waals surface area (Å²) in [4.78, 5) is 29.1. The topological polar surface area (TPSA) is 164 Å². The van der Waals surface area contributed by atoms with Gasteiger partial charge in [-0.25, -0.2) is 4.98 Å². The number of aromatic nitrogens is 3. The van der Waals surface area contributed by atoms with Crippen LogP contribution in [0, 0.1) is 0 Å². The van der Waals surface area contributed by atoms with Crippen LogP contribution in [0.15, 0.2) is 84.3 Å². The highest BCUT2D eigenvalue weighted by atomic mass is 32.2. The molecule has 3 unspecified atom stereocenters. The number of nitrogens with zero attached hydrogens (tertiary/aromatic N) is 2. The Bertz CT molecular complexity index is 1530. The normalized spacial score (nSPS) is 17.9. The number of aliphatic hydroxyl groups is 1. The number of hydrogen-bond donors (Lipinski definition) is 5. The fourth-order valence-electron chi connectivity index (χ4n) is 5.02. The lowest BCUT2D eigenvalue weighted by molar-refractivity contribution is -0.245. The van der Waals surface area contributed by atoms with Crippen molar-refractivity contribution >= 4 is 40.6 Å². The number of aromatic amines is 1. The smallest absolute Gasteiger partial charge is 0.224 e. The van der Waals surface area contributed by atoms with Crippen LogP contribution in [-0.4, -0.2) is 44.0 Å². The zero-order valence-corrected chi connectivity index (χ0v) is 25.7. The molecule has 6 N–H and O–H groups in total. The largest absolute Gasteiger partial charge is 0.397 e. The minimum absolute atomic E-state index is 0.0195. The van der Waals surface area contributed by atoms with Crippen LogP contribution in [0.5, 0.6) is 0 Å². The standard InChI is InChI=1S/C33H38N6O5S/c34-27-9-4-5-10-28(27)38-31(42)12-3-1-2-11-30(41)37-25-8-6-7-24(17-25)32-43-26(20-45-33-35-21-36-39-33)18-29(44-32)23-15-13-22(19-40)14-16-23/h4-10,13-17,21,26,29,32,40H,1-3,11-12,18-20,34H2,(H,37,41)(H,38,42)(H,35,36,39). The molecule has 0 aliphatic carbocycles. The summed E-state index contributed by atoms with van der Waals surface area (Å²) in [5.74, 6) is 0.463. The molecule has 45 heavy (non-hydrogen) atoms. The van der Waals surface area contributed by atoms with Crippen LogP contribution in [0.1, 0.15) is 67.6 Å². The quantitative estimate of drug-likeness (QED) is 0.0663. The molecule has 0 bridgehead atoms. The minimum Gasteiger partial charge on any atom is -0.397 e. The van der Waals surface area contributed by atoms with Crippen molar-refractivity contribution in [2.75, 3.05) is 22.1 Å². The third kappa shape index (κ3) is 9.63. The lowest BCUT2D eigenvalue weighted by Crippen LogP contribution is -2.31. The van der Waals surface area contributed by atoms with Gasteiger partial charge in [0.2, 0.25) is 11.8 Å². The number of nitrogen functional groups attached to an aromatic ring is 1. The van der Waals surface area contributed by atoms with Gasteiger partial charge in [-0.1, -0.05) is 66.7 Å². The van der Waals surface area contributed by atoms with E-state index in [-0.39, 0.29) is 30.6 Å². The van der Waals surface area contributed by atoms with Gasteiger partial charge in [0.15, 0.2) is 11.4 Å². The minimum atomic E-state index is -0.643. The molecular weight excluding hydrogens is 592 g/mol. The molecule has 1 aliphatic heterocycles. The zero-order chi connectivity index (χ0) is 31.4. The third-order valence-corrected chi connectivity index (χ3v) is 8.41. The predicted molar refractivity (Wildman–Crippen MR) is 173 cm³/mol. The summed E-state index contributed by atoms with van der Waals surface area (Å²) in [6.07, 6.45) is 3.94. The summed E-state index contributed by atoms with van der Waals surface area (Å²) in [6.45, 7) is -0.0195. The summed E-state index contributed by atoms with van der Waals surface area (Å²) in [5.41, 5.74) is 10.3. The molecule has 1 aromatic heterocycles. The van der Waals surface area contributed by atoms with Crippen LogP contribution in [0.4, 0.5) is 17.1 Å². The summed E-state index contributed by atoms with van der Waals surface area (Å²) >= 11 is 1.53. The first-order valence-electron chi connectivity index (χ1n) is 15.0. The van der Waals surface area contributed by atoms with Crippen molar-refractivity contribution in [1.29, 1.82) is 0 Å². The Labute approximate surface area is 266 Å². The van der Waals surface area contributed by atoms with Gasteiger partial charge < -0.3 is 30.9 Å². The maximum atomic E-state index is 12.7. The SMILES string of the molecule is Nc1ccccc1NC(=O)CCCCCC(=O)Nc1cccc(C2OC(CSc3ncn[nH]3)CC(c3ccc(CO)cc3)O2)c1. The number of anilines is 3. The maximum absolute atomic E-state index is 12.7. The first-order chi connectivity index (χ1) is 22.0. The number of para-hydroxylation sites is 2. The molecule has 236 valence electrons. The summed E-state index contributed by atoms with van der Waals surface area (Å²) in [7, 11) is 0. The van der Waals surface area contributed by atoms with Gasteiger partial charge in [0.1, 0.15) is 6.33 Å². The Kier molecular flexibility index (Phi) is 11.6. The highest BCUT2D eigenvalue weighted by Crippen LogP contribution is 2.39. The van der Waals surface area contributed by atoms with Crippen LogP contribution < -0.4 is 16.4 Å². The van der Waals surface area contributed by atoms with Crippen molar-refractivity contribution in [3.63, 3.8) is 0 Å². The summed E-state index contributed by atoms with van der Waals surface area (Å²) < 4.78 is 12.8. The molecule has 3 aromatic carbocycles. The highest BCUT2D eigenvalue weighted by Gasteiger charge is 2.32. The molecule has 4 aromatic rings. The van der Waals surface area contributed by atoms with Crippen LogP contribution >= 0.6 is 11.8 Å². The first-order valence-corrected chi connectivity index (χ1v) is 16.0. The molecule has 0 saturated carbocycles. The Hall–Kier alpha value is -4.23. The number of nitrogens with one attached hydrogen (secondary N) is 3. The molecular formula is C33H38N6O5S. The van der Waals surface area contributed by atoms with Crippen molar-refractivity contribution < 1.29 is 24.2 Å². The average Bonchev–Trinajstić information content (AvgIpc) is 3.59. The highest BCUT2D eigenvalue weighted by molar-refractivity contribution is 7.99. The fraction of sp³-hybridized carbons (Fsp3) is 0.333. The molecule has 0 spiro atoms. The number of hydrogen-bond acceptors (Lipinski definition) is 9. The molecule has 1 aliphatic rings. The zero-order valence-electron chi connectivity index (χ0n) is 24.9. The third-order valence-electron chi connectivity index (χ3n) is 7.40. The second kappa shape index (κ2) is 16.2. The molecule has 3 atom stereocenters. The van der Waals surface area contributed by atoms with Crippen molar-refractivity contribution in [2.45, 2.75) is 68.8 Å². The van der Waals surface area contributed by atoms with Gasteiger partial charge in [-0.2, -0.15) is 5.10 Å². The van der Waals surface area contributed by atoms with Gasteiger partial charge in [-0.05, 0) is 48.2 Å². The number of carbonyl (C=O) groups excluding carboxylic acids is 2. The number of unbranched alkanes of at least 4 members (excludes halogenated alkanes) is 2. The summed E-state index contributed by atoms with van der Waals surface area (Å²) in [6, 6.07) is 22.4. The van der Waals surface area contributed by atoms with Gasteiger partial charge in [0, 0.05) is 36.3 Å². The Morgan fingerprint density at radius 2 is 1.71 bits per heavy atom. The van der Waals surface area contributed by atoms with E-state index in [1.54, 1.807) is 12.1 Å². The van der Waals surface area contributed by atoms with E-state index < -0.39 is 6.29 Å². The fourth-order valence-corrected chi connectivity index (χ4v) is 5.81. The molecule has 12 heteroatoms. The van der Waals surface area contributed by atoms with Crippen molar-refractivity contribution in [3.05, 3.63) is 95.8 Å². The van der Waals surface area contributed by atoms with E-state index in [0.717, 1.165) is 28.3 Å². The molecule has 11 nitrogen and oxygen atoms in total. The van der Waals surface area contributed by atoms with Crippen molar-refractivity contribution in [2.24, 2.45) is 0 Å². The van der Waals surface area contributed by atoms with Crippen LogP contribution in [0.3, 0.4) is 0 Å². The Morgan fingerprint density at radius 1 is 0.933 bits per heavy atom. The number of H-pyrrole nitrogens is 1. The van der Waals surface area contributed by atoms with Gasteiger partial charge in [-0.3, -0.25) is 14.7 Å². The van der Waals surface area contributed by atoms with E-state index >= 15 is 0 Å². The van der Waals surface area contributed by atoms with E-state index in [2.05, 4.69) is 25.8 Å². The van der Waals surface area contributed by atoms with Gasteiger partial charge >= 0.3 is 0 Å². The van der Waals surface area contributed by atoms with E-state index in [1.165, 1.54) is 18.1 Å². The number of benzene rings is 3. The van der Waals surface area contributed by atoms with Crippen LogP contribution in [-0.2, 0) is 25.7 Å². The van der Waals surface area contributed by atoms with Crippen LogP contribution in [0.2, 0.25) is 0 Å². The molecule has 1 saturated heterocycles. The van der Waals surface area contributed by atoms with Crippen molar-refractivity contribution in [3.8, 4) is 0 Å². The molecule has 1 fully saturated rings. The maximum Gasteiger partial charge on any atom is 0.224 e. The molecule has 2 heterocycles. The molecule has 2 amide bonds. The lowest BCUT2D eigenvalue weighted by atomic mass is 10.0. The first kappa shape index (κ1) is 32.2. The Balaban J connectivity index is 1.13. The number of amides is 2. The van der Waals surface area contributed by atoms with Crippen molar-refractivity contribution in [1.82, 2.24) is 15.2 Å². The van der Waals surface area contributed by atoms with Gasteiger partial charge in [-0.15, -0.1) is 0 Å². The molecule has 0 radical (unpaired) electrons. The second-order valence-electron chi connectivity index (χ2n) is 10.8. The Morgan fingerprint density at radius 3 is 2.44 bits per heavy atom. The van der Waals surface area contributed by atoms with Crippen LogP contribution in [0.25, 0.3) is 0 Å². The number of ether oxygens (including phenoxy) is 2. The van der Waals surface area contributed by atoms with E-state index in [4.69, 9.17) is 15.2 Å². The van der Waals surface area contributed by atoms with E-state index in [9.17, 15) is 14.7 Å². The lowest BCUT2D eigenvalue weighted by Gasteiger charge is -2.36. The number of aliphatic hydroxyl groups excluding tert-OH is 1. The van der Waals surface area contributed by atoms with Gasteiger partial charge in [0.05, 0.1) is 30.2 Å². The van der Waals surface area contributed by atoms with E-state index in [0.29, 0.717) is 54.9 Å². The van der Waals surface area contributed by atoms with Gasteiger partial charge in [0.25, 0.3) is 0 Å². The van der Waals surface area contributed by atoms with E-state index in [1.807, 2.05) is 60.7 Å². The summed E-state index contributed by atoms with van der Waals surface area (Å²) in [5, 5.41) is 22.8. The number of nitrogens with two attached hydrogens (primary N) is 1. The molecule has 5 rings (SSSR count). The number of carbonyl (C=O) groups is 2. The number of rotatable bonds is 14. The monoisotopic (exact) mass is 630 g/mol.